The minimum absolute atomic E-state index is 0.0159. The Hall–Kier alpha value is -0.370. The molecular weight excluding hydrogens is 307 g/mol. The van der Waals surface area contributed by atoms with Crippen LogP contribution >= 0.6 is 0 Å². The molecule has 0 aromatic rings. The number of piperidine rings is 1. The highest BCUT2D eigenvalue weighted by Crippen LogP contribution is 2.53. The molecular formula is C16H26F3N3O. The molecule has 4 fully saturated rings. The molecule has 2 N–H and O–H groups in total. The fourth-order valence-electron chi connectivity index (χ4n) is 5.02. The molecule has 1 aliphatic carbocycles. The fourth-order valence-corrected chi connectivity index (χ4v) is 5.02. The Morgan fingerprint density at radius 1 is 1.00 bits per heavy atom. The molecule has 23 heavy (non-hydrogen) atoms. The number of nitrogens with zero attached hydrogens (tertiary/aromatic N) is 1. The average Bonchev–Trinajstić information content (AvgIpc) is 2.91. The molecule has 1 saturated carbocycles. The van der Waals surface area contributed by atoms with Crippen LogP contribution < -0.4 is 10.6 Å². The highest BCUT2D eigenvalue weighted by molar-refractivity contribution is 5.04. The number of halogens is 3. The van der Waals surface area contributed by atoms with Crippen molar-refractivity contribution in [3.05, 3.63) is 0 Å². The molecule has 4 rings (SSSR count). The lowest BCUT2D eigenvalue weighted by Gasteiger charge is -2.56. The van der Waals surface area contributed by atoms with Gasteiger partial charge in [-0.1, -0.05) is 0 Å². The van der Waals surface area contributed by atoms with Crippen LogP contribution in [0, 0.1) is 11.3 Å². The van der Waals surface area contributed by atoms with E-state index < -0.39 is 12.1 Å². The Kier molecular flexibility index (Phi) is 3.91. The highest BCUT2D eigenvalue weighted by atomic mass is 19.4. The van der Waals surface area contributed by atoms with Gasteiger partial charge in [0.1, 0.15) is 11.9 Å². The van der Waals surface area contributed by atoms with Crippen LogP contribution in [0.4, 0.5) is 13.2 Å². The highest BCUT2D eigenvalue weighted by Gasteiger charge is 2.54. The molecule has 4 nitrogen and oxygen atoms in total. The number of rotatable bonds is 1. The van der Waals surface area contributed by atoms with Crippen LogP contribution in [0.25, 0.3) is 0 Å². The van der Waals surface area contributed by atoms with Gasteiger partial charge in [-0.15, -0.1) is 0 Å². The molecule has 0 radical (unpaired) electrons. The van der Waals surface area contributed by atoms with E-state index in [1.807, 2.05) is 0 Å². The number of hydrogen-bond acceptors (Lipinski definition) is 4. The third-order valence-electron chi connectivity index (χ3n) is 6.56. The largest absolute Gasteiger partial charge is 0.391 e. The SMILES string of the molecule is FC(F)(F)C1CCC2(CCN(C3OCCNC34CCN4)CC2)C1. The normalized spacial score (nSPS) is 41.3. The summed E-state index contributed by atoms with van der Waals surface area (Å²) in [6.07, 6.45) is 0.172. The van der Waals surface area contributed by atoms with Gasteiger partial charge in [-0.3, -0.25) is 15.5 Å². The molecule has 3 unspecified atom stereocenters. The van der Waals surface area contributed by atoms with Crippen molar-refractivity contribution in [2.45, 2.75) is 56.6 Å². The van der Waals surface area contributed by atoms with Crippen LogP contribution in [0.2, 0.25) is 0 Å². The summed E-state index contributed by atoms with van der Waals surface area (Å²) in [7, 11) is 0. The van der Waals surface area contributed by atoms with Crippen LogP contribution in [0.3, 0.4) is 0 Å². The third kappa shape index (κ3) is 2.79. The van der Waals surface area contributed by atoms with Crippen LogP contribution in [-0.2, 0) is 4.74 Å². The Bertz CT molecular complexity index is 444. The second-order valence-corrected chi connectivity index (χ2v) is 7.82. The topological polar surface area (TPSA) is 36.5 Å². The van der Waals surface area contributed by atoms with E-state index in [2.05, 4.69) is 15.5 Å². The molecule has 2 spiro atoms. The summed E-state index contributed by atoms with van der Waals surface area (Å²) < 4.78 is 44.9. The zero-order valence-electron chi connectivity index (χ0n) is 13.4. The van der Waals surface area contributed by atoms with Gasteiger partial charge in [-0.05, 0) is 43.9 Å². The van der Waals surface area contributed by atoms with Crippen molar-refractivity contribution in [2.24, 2.45) is 11.3 Å². The van der Waals surface area contributed by atoms with Gasteiger partial charge in [0.25, 0.3) is 0 Å². The van der Waals surface area contributed by atoms with E-state index in [9.17, 15) is 13.2 Å². The summed E-state index contributed by atoms with van der Waals surface area (Å²) in [4.78, 5) is 2.34. The van der Waals surface area contributed by atoms with Crippen molar-refractivity contribution in [1.82, 2.24) is 15.5 Å². The quantitative estimate of drug-likeness (QED) is 0.770. The maximum absolute atomic E-state index is 13.0. The minimum atomic E-state index is -4.02. The Morgan fingerprint density at radius 3 is 2.30 bits per heavy atom. The van der Waals surface area contributed by atoms with E-state index in [0.717, 1.165) is 51.9 Å². The number of ether oxygens (including phenoxy) is 1. The second kappa shape index (κ2) is 5.58. The summed E-state index contributed by atoms with van der Waals surface area (Å²) in [5, 5.41) is 7.01. The van der Waals surface area contributed by atoms with Gasteiger partial charge in [0.15, 0.2) is 0 Å². The van der Waals surface area contributed by atoms with Gasteiger partial charge in [0.2, 0.25) is 0 Å². The number of hydrogen-bond donors (Lipinski definition) is 2. The Balaban J connectivity index is 1.38. The molecule has 3 saturated heterocycles. The van der Waals surface area contributed by atoms with Gasteiger partial charge in [-0.2, -0.15) is 13.2 Å². The monoisotopic (exact) mass is 333 g/mol. The molecule has 4 aliphatic rings. The van der Waals surface area contributed by atoms with E-state index >= 15 is 0 Å². The molecule has 132 valence electrons. The summed E-state index contributed by atoms with van der Waals surface area (Å²) in [5.74, 6) is -1.08. The number of nitrogens with one attached hydrogen (secondary N) is 2. The number of likely N-dealkylation sites (tertiary alicyclic amines) is 1. The first-order chi connectivity index (χ1) is 10.9. The third-order valence-corrected chi connectivity index (χ3v) is 6.56. The smallest absolute Gasteiger partial charge is 0.358 e. The molecule has 3 atom stereocenters. The zero-order chi connectivity index (χ0) is 16.1. The van der Waals surface area contributed by atoms with Crippen molar-refractivity contribution < 1.29 is 17.9 Å². The molecule has 3 aliphatic heterocycles. The van der Waals surface area contributed by atoms with Crippen LogP contribution in [0.15, 0.2) is 0 Å². The molecule has 0 amide bonds. The Labute approximate surface area is 135 Å². The van der Waals surface area contributed by atoms with Crippen LogP contribution in [-0.4, -0.2) is 55.8 Å². The van der Waals surface area contributed by atoms with Gasteiger partial charge < -0.3 is 4.74 Å². The summed E-state index contributed by atoms with van der Waals surface area (Å²) in [5.41, 5.74) is -0.216. The summed E-state index contributed by atoms with van der Waals surface area (Å²) in [6, 6.07) is 0. The maximum atomic E-state index is 13.0. The summed E-state index contributed by atoms with van der Waals surface area (Å²) in [6.45, 7) is 4.25. The fraction of sp³-hybridized carbons (Fsp3) is 1.00. The zero-order valence-corrected chi connectivity index (χ0v) is 13.4. The van der Waals surface area contributed by atoms with Gasteiger partial charge in [-0.25, -0.2) is 0 Å². The van der Waals surface area contributed by atoms with E-state index in [1.54, 1.807) is 0 Å². The first kappa shape index (κ1) is 16.1. The first-order valence-electron chi connectivity index (χ1n) is 8.85. The lowest BCUT2D eigenvalue weighted by molar-refractivity contribution is -0.184. The lowest BCUT2D eigenvalue weighted by Crippen LogP contribution is -2.78. The maximum Gasteiger partial charge on any atom is 0.391 e. The number of alkyl halides is 3. The van der Waals surface area contributed by atoms with Gasteiger partial charge in [0, 0.05) is 26.2 Å². The predicted molar refractivity (Wildman–Crippen MR) is 79.7 cm³/mol. The van der Waals surface area contributed by atoms with Gasteiger partial charge >= 0.3 is 6.18 Å². The van der Waals surface area contributed by atoms with Crippen molar-refractivity contribution in [2.75, 3.05) is 32.8 Å². The second-order valence-electron chi connectivity index (χ2n) is 7.82. The van der Waals surface area contributed by atoms with Crippen molar-refractivity contribution in [3.8, 4) is 0 Å². The van der Waals surface area contributed by atoms with E-state index in [4.69, 9.17) is 4.74 Å². The molecule has 0 aromatic carbocycles. The van der Waals surface area contributed by atoms with Crippen LogP contribution in [0.5, 0.6) is 0 Å². The van der Waals surface area contributed by atoms with Crippen molar-refractivity contribution in [3.63, 3.8) is 0 Å². The van der Waals surface area contributed by atoms with E-state index in [-0.39, 0.29) is 17.3 Å². The van der Waals surface area contributed by atoms with Crippen molar-refractivity contribution in [1.29, 1.82) is 0 Å². The lowest BCUT2D eigenvalue weighted by atomic mass is 9.76. The average molecular weight is 333 g/mol. The standard InChI is InChI=1S/C16H26F3N3O/c17-16(18,19)12-1-2-14(11-12)4-8-22(9-5-14)13-15(3-6-20-15)21-7-10-23-13/h12-13,20-21H,1-11H2. The van der Waals surface area contributed by atoms with E-state index in [0.29, 0.717) is 19.4 Å². The first-order valence-corrected chi connectivity index (χ1v) is 8.85. The predicted octanol–water partition coefficient (Wildman–Crippen LogP) is 2.07. The minimum Gasteiger partial charge on any atom is -0.358 e. The van der Waals surface area contributed by atoms with E-state index in [1.165, 1.54) is 0 Å². The van der Waals surface area contributed by atoms with Gasteiger partial charge in [0.05, 0.1) is 12.5 Å². The molecule has 3 heterocycles. The van der Waals surface area contributed by atoms with Crippen LogP contribution in [0.1, 0.15) is 38.5 Å². The summed E-state index contributed by atoms with van der Waals surface area (Å²) >= 11 is 0. The Morgan fingerprint density at radius 2 is 1.74 bits per heavy atom. The number of morpholine rings is 1. The molecule has 0 bridgehead atoms. The molecule has 7 heteroatoms. The molecule has 0 aromatic heterocycles. The van der Waals surface area contributed by atoms with Crippen molar-refractivity contribution >= 4 is 0 Å².